The summed E-state index contributed by atoms with van der Waals surface area (Å²) in [6.07, 6.45) is 7.44. The molecule has 4 heterocycles. The Balaban J connectivity index is 1.65. The van der Waals surface area contributed by atoms with Gasteiger partial charge in [0.2, 0.25) is 5.95 Å². The Hall–Kier alpha value is -2.15. The number of fused-ring (bicyclic) bond motifs is 3. The van der Waals surface area contributed by atoms with Crippen LogP contribution in [-0.4, -0.2) is 46.1 Å². The number of nitrogens with one attached hydrogen (secondary N) is 3. The van der Waals surface area contributed by atoms with E-state index >= 15 is 0 Å². The van der Waals surface area contributed by atoms with E-state index in [2.05, 4.69) is 32.4 Å². The zero-order chi connectivity index (χ0) is 17.9. The molecule has 2 aliphatic rings. The van der Waals surface area contributed by atoms with E-state index in [1.807, 2.05) is 12.3 Å². The van der Waals surface area contributed by atoms with Crippen LogP contribution in [0.1, 0.15) is 49.5 Å². The third-order valence-electron chi connectivity index (χ3n) is 5.60. The third kappa shape index (κ3) is 3.53. The van der Waals surface area contributed by atoms with Gasteiger partial charge in [-0.25, -0.2) is 4.98 Å². The molecule has 26 heavy (non-hydrogen) atoms. The molecule has 1 saturated heterocycles. The lowest BCUT2D eigenvalue weighted by Gasteiger charge is -2.30. The maximum absolute atomic E-state index is 12.5. The van der Waals surface area contributed by atoms with Gasteiger partial charge in [-0.1, -0.05) is 19.8 Å². The van der Waals surface area contributed by atoms with Crippen molar-refractivity contribution < 1.29 is 4.79 Å². The normalized spacial score (nSPS) is 24.7. The number of carbonyl (C=O) groups is 1. The van der Waals surface area contributed by atoms with Gasteiger partial charge in [0, 0.05) is 37.3 Å². The van der Waals surface area contributed by atoms with Crippen molar-refractivity contribution in [1.29, 1.82) is 0 Å². The van der Waals surface area contributed by atoms with Crippen molar-refractivity contribution in [1.82, 2.24) is 25.2 Å². The molecule has 0 spiro atoms. The van der Waals surface area contributed by atoms with Crippen LogP contribution in [0.15, 0.2) is 12.3 Å². The Morgan fingerprint density at radius 2 is 2.12 bits per heavy atom. The van der Waals surface area contributed by atoms with Crippen molar-refractivity contribution in [2.75, 3.05) is 25.0 Å². The van der Waals surface area contributed by atoms with Gasteiger partial charge >= 0.3 is 0 Å². The van der Waals surface area contributed by atoms with Gasteiger partial charge in [-0.3, -0.25) is 4.79 Å². The highest BCUT2D eigenvalue weighted by Crippen LogP contribution is 2.22. The molecule has 2 atom stereocenters. The van der Waals surface area contributed by atoms with Crippen LogP contribution in [0.25, 0.3) is 11.0 Å². The van der Waals surface area contributed by atoms with Crippen LogP contribution in [0.2, 0.25) is 0 Å². The van der Waals surface area contributed by atoms with Gasteiger partial charge in [0.15, 0.2) is 0 Å². The predicted molar refractivity (Wildman–Crippen MR) is 102 cm³/mol. The number of hydrogen-bond acceptors (Lipinski definition) is 5. The lowest BCUT2D eigenvalue weighted by Crippen LogP contribution is -2.44. The molecule has 7 heteroatoms. The first kappa shape index (κ1) is 17.3. The number of hydrogen-bond donors (Lipinski definition) is 3. The van der Waals surface area contributed by atoms with Crippen molar-refractivity contribution in [2.45, 2.75) is 51.6 Å². The number of amides is 1. The topological polar surface area (TPSA) is 83.9 Å². The Labute approximate surface area is 154 Å². The molecule has 3 N–H and O–H groups in total. The molecule has 7 nitrogen and oxygen atoms in total. The molecule has 140 valence electrons. The second kappa shape index (κ2) is 7.61. The van der Waals surface area contributed by atoms with Crippen LogP contribution in [0.4, 0.5) is 5.95 Å². The minimum atomic E-state index is -0.00971. The number of aromatic nitrogens is 3. The van der Waals surface area contributed by atoms with E-state index in [1.165, 1.54) is 6.42 Å². The van der Waals surface area contributed by atoms with Gasteiger partial charge in [-0.15, -0.1) is 0 Å². The second-order valence-electron chi connectivity index (χ2n) is 7.54. The van der Waals surface area contributed by atoms with E-state index in [-0.39, 0.29) is 5.91 Å². The summed E-state index contributed by atoms with van der Waals surface area (Å²) in [5.74, 6) is 1.22. The summed E-state index contributed by atoms with van der Waals surface area (Å²) < 4.78 is 2.06. The SMILES string of the molecule is C[C@@H]1CCNC[C@H]1Nc1ncc2cc3n(c2n1)CCCCCCNC3=O. The second-order valence-corrected chi connectivity index (χ2v) is 7.54. The quantitative estimate of drug-likeness (QED) is 0.768. The molecule has 0 aliphatic carbocycles. The average Bonchev–Trinajstić information content (AvgIpc) is 3.01. The summed E-state index contributed by atoms with van der Waals surface area (Å²) in [7, 11) is 0. The lowest BCUT2D eigenvalue weighted by atomic mass is 9.95. The molecular formula is C19H28N6O. The molecule has 2 aromatic rings. The Bertz CT molecular complexity index is 786. The van der Waals surface area contributed by atoms with Gasteiger partial charge in [0.1, 0.15) is 11.3 Å². The van der Waals surface area contributed by atoms with Crippen LogP contribution in [-0.2, 0) is 6.54 Å². The molecule has 0 saturated carbocycles. The summed E-state index contributed by atoms with van der Waals surface area (Å²) >= 11 is 0. The maximum Gasteiger partial charge on any atom is 0.267 e. The van der Waals surface area contributed by atoms with Crippen molar-refractivity contribution in [2.24, 2.45) is 5.92 Å². The summed E-state index contributed by atoms with van der Waals surface area (Å²) in [5, 5.41) is 10.9. The number of piperidine rings is 1. The first-order valence-electron chi connectivity index (χ1n) is 9.84. The molecular weight excluding hydrogens is 328 g/mol. The van der Waals surface area contributed by atoms with E-state index < -0.39 is 0 Å². The molecule has 2 aromatic heterocycles. The van der Waals surface area contributed by atoms with Crippen LogP contribution in [0.5, 0.6) is 0 Å². The highest BCUT2D eigenvalue weighted by Gasteiger charge is 2.23. The Kier molecular flexibility index (Phi) is 5.06. The fourth-order valence-electron chi connectivity index (χ4n) is 3.91. The molecule has 0 bridgehead atoms. The van der Waals surface area contributed by atoms with E-state index in [4.69, 9.17) is 4.98 Å². The number of aryl methyl sites for hydroxylation is 1. The van der Waals surface area contributed by atoms with Crippen molar-refractivity contribution in [3.63, 3.8) is 0 Å². The first-order valence-corrected chi connectivity index (χ1v) is 9.84. The summed E-state index contributed by atoms with van der Waals surface area (Å²) in [4.78, 5) is 21.8. The number of anilines is 1. The summed E-state index contributed by atoms with van der Waals surface area (Å²) in [6, 6.07) is 2.25. The monoisotopic (exact) mass is 356 g/mol. The van der Waals surface area contributed by atoms with E-state index in [0.29, 0.717) is 23.6 Å². The molecule has 0 unspecified atom stereocenters. The largest absolute Gasteiger partial charge is 0.351 e. The van der Waals surface area contributed by atoms with Crippen molar-refractivity contribution in [3.8, 4) is 0 Å². The molecule has 2 aliphatic heterocycles. The van der Waals surface area contributed by atoms with Crippen LogP contribution in [0.3, 0.4) is 0 Å². The third-order valence-corrected chi connectivity index (χ3v) is 5.60. The fourth-order valence-corrected chi connectivity index (χ4v) is 3.91. The van der Waals surface area contributed by atoms with Crippen LogP contribution in [0, 0.1) is 5.92 Å². The zero-order valence-electron chi connectivity index (χ0n) is 15.4. The molecule has 1 amide bonds. The molecule has 4 rings (SSSR count). The van der Waals surface area contributed by atoms with Crippen LogP contribution < -0.4 is 16.0 Å². The van der Waals surface area contributed by atoms with E-state index in [0.717, 1.165) is 62.9 Å². The van der Waals surface area contributed by atoms with Gasteiger partial charge in [-0.2, -0.15) is 4.98 Å². The average molecular weight is 356 g/mol. The number of nitrogens with zero attached hydrogens (tertiary/aromatic N) is 3. The van der Waals surface area contributed by atoms with Gasteiger partial charge < -0.3 is 20.5 Å². The zero-order valence-corrected chi connectivity index (χ0v) is 15.4. The van der Waals surface area contributed by atoms with Crippen LogP contribution >= 0.6 is 0 Å². The molecule has 1 fully saturated rings. The van der Waals surface area contributed by atoms with Gasteiger partial charge in [0.25, 0.3) is 5.91 Å². The fraction of sp³-hybridized carbons (Fsp3) is 0.632. The lowest BCUT2D eigenvalue weighted by molar-refractivity contribution is 0.0942. The van der Waals surface area contributed by atoms with Gasteiger partial charge in [0.05, 0.1) is 0 Å². The van der Waals surface area contributed by atoms with E-state index in [9.17, 15) is 4.79 Å². The number of carbonyl (C=O) groups excluding carboxylic acids is 1. The minimum absolute atomic E-state index is 0.00971. The predicted octanol–water partition coefficient (Wildman–Crippen LogP) is 2.14. The first-order chi connectivity index (χ1) is 12.7. The maximum atomic E-state index is 12.5. The molecule has 0 aromatic carbocycles. The highest BCUT2D eigenvalue weighted by atomic mass is 16.1. The standard InChI is InChI=1S/C19H28N6O/c1-13-6-8-20-12-15(13)23-19-22-11-14-10-16-18(26)21-7-4-2-3-5-9-25(16)17(14)24-19/h10-11,13,15,20H,2-9,12H2,1H3,(H,21,26)(H,22,23,24)/t13-,15-/m1/s1. The van der Waals surface area contributed by atoms with E-state index in [1.54, 1.807) is 0 Å². The van der Waals surface area contributed by atoms with Crippen molar-refractivity contribution >= 4 is 22.9 Å². The Morgan fingerprint density at radius 1 is 1.23 bits per heavy atom. The summed E-state index contributed by atoms with van der Waals surface area (Å²) in [6.45, 7) is 5.83. The minimum Gasteiger partial charge on any atom is -0.351 e. The van der Waals surface area contributed by atoms with Crippen molar-refractivity contribution in [3.05, 3.63) is 18.0 Å². The summed E-state index contributed by atoms with van der Waals surface area (Å²) in [5.41, 5.74) is 1.55. The highest BCUT2D eigenvalue weighted by molar-refractivity contribution is 5.98. The molecule has 0 radical (unpaired) electrons. The van der Waals surface area contributed by atoms with Gasteiger partial charge in [-0.05, 0) is 37.8 Å². The number of rotatable bonds is 2. The Morgan fingerprint density at radius 3 is 3.00 bits per heavy atom. The smallest absolute Gasteiger partial charge is 0.267 e.